The molecule has 0 aliphatic rings. The van der Waals surface area contributed by atoms with Crippen LogP contribution in [0.5, 0.6) is 5.75 Å². The molecular formula is C17H21N3O4. The van der Waals surface area contributed by atoms with E-state index < -0.39 is 17.9 Å². The summed E-state index contributed by atoms with van der Waals surface area (Å²) in [4.78, 5) is 23.5. The van der Waals surface area contributed by atoms with Crippen LogP contribution in [0.2, 0.25) is 0 Å². The fourth-order valence-electron chi connectivity index (χ4n) is 2.30. The Balaban J connectivity index is 2.14. The SMILES string of the molecule is COc1cccc(-c2cc(C(=O)N[C@@H](CC(C)C)C(=O)O)[nH]n2)c1. The number of aromatic nitrogens is 2. The first-order valence-corrected chi connectivity index (χ1v) is 7.64. The van der Waals surface area contributed by atoms with Gasteiger partial charge >= 0.3 is 5.97 Å². The maximum atomic E-state index is 12.2. The Morgan fingerprint density at radius 1 is 1.33 bits per heavy atom. The minimum absolute atomic E-state index is 0.153. The van der Waals surface area contributed by atoms with Gasteiger partial charge in [0.05, 0.1) is 12.8 Å². The minimum Gasteiger partial charge on any atom is -0.497 e. The Hall–Kier alpha value is -2.83. The summed E-state index contributed by atoms with van der Waals surface area (Å²) in [5.41, 5.74) is 1.58. The molecule has 0 saturated heterocycles. The van der Waals surface area contributed by atoms with Crippen molar-refractivity contribution in [3.8, 4) is 17.0 Å². The van der Waals surface area contributed by atoms with Gasteiger partial charge in [-0.05, 0) is 30.5 Å². The summed E-state index contributed by atoms with van der Waals surface area (Å²) < 4.78 is 5.16. The normalized spacial score (nSPS) is 12.0. The summed E-state index contributed by atoms with van der Waals surface area (Å²) in [6.07, 6.45) is 0.359. The number of nitrogens with zero attached hydrogens (tertiary/aromatic N) is 1. The molecule has 24 heavy (non-hydrogen) atoms. The molecule has 7 nitrogen and oxygen atoms in total. The fraction of sp³-hybridized carbons (Fsp3) is 0.353. The molecule has 7 heteroatoms. The first-order valence-electron chi connectivity index (χ1n) is 7.64. The van der Waals surface area contributed by atoms with E-state index in [0.717, 1.165) is 5.56 Å². The van der Waals surface area contributed by atoms with Gasteiger partial charge < -0.3 is 15.2 Å². The Morgan fingerprint density at radius 2 is 2.08 bits per heavy atom. The van der Waals surface area contributed by atoms with E-state index >= 15 is 0 Å². The topological polar surface area (TPSA) is 104 Å². The average molecular weight is 331 g/mol. The largest absolute Gasteiger partial charge is 0.497 e. The lowest BCUT2D eigenvalue weighted by Gasteiger charge is -2.15. The molecule has 1 aromatic heterocycles. The van der Waals surface area contributed by atoms with E-state index in [4.69, 9.17) is 4.74 Å². The first kappa shape index (κ1) is 17.5. The zero-order valence-corrected chi connectivity index (χ0v) is 13.9. The summed E-state index contributed by atoms with van der Waals surface area (Å²) in [5, 5.41) is 18.5. The molecular weight excluding hydrogens is 310 g/mol. The minimum atomic E-state index is -1.05. The van der Waals surface area contributed by atoms with Crippen molar-refractivity contribution >= 4 is 11.9 Å². The third-order valence-electron chi connectivity index (χ3n) is 3.50. The van der Waals surface area contributed by atoms with Crippen LogP contribution in [0, 0.1) is 5.92 Å². The zero-order valence-electron chi connectivity index (χ0n) is 13.9. The van der Waals surface area contributed by atoms with Crippen molar-refractivity contribution in [2.75, 3.05) is 7.11 Å². The highest BCUT2D eigenvalue weighted by Crippen LogP contribution is 2.22. The van der Waals surface area contributed by atoms with Crippen molar-refractivity contribution in [3.63, 3.8) is 0 Å². The van der Waals surface area contributed by atoms with Crippen molar-refractivity contribution < 1.29 is 19.4 Å². The molecule has 0 spiro atoms. The van der Waals surface area contributed by atoms with Gasteiger partial charge in [-0.25, -0.2) is 4.79 Å². The van der Waals surface area contributed by atoms with Gasteiger partial charge in [0.15, 0.2) is 0 Å². The quantitative estimate of drug-likeness (QED) is 0.722. The standard InChI is InChI=1S/C17H21N3O4/c1-10(2)7-15(17(22)23)18-16(21)14-9-13(19-20-14)11-5-4-6-12(8-11)24-3/h4-6,8-10,15H,7H2,1-3H3,(H,18,21)(H,19,20)(H,22,23)/t15-/m0/s1. The van der Waals surface area contributed by atoms with Crippen molar-refractivity contribution in [3.05, 3.63) is 36.0 Å². The second kappa shape index (κ2) is 7.63. The summed E-state index contributed by atoms with van der Waals surface area (Å²) in [5.74, 6) is -0.709. The van der Waals surface area contributed by atoms with Gasteiger partial charge in [0.25, 0.3) is 5.91 Å². The number of nitrogens with one attached hydrogen (secondary N) is 2. The van der Waals surface area contributed by atoms with E-state index in [1.54, 1.807) is 19.2 Å². The molecule has 2 rings (SSSR count). The van der Waals surface area contributed by atoms with Crippen molar-refractivity contribution in [1.29, 1.82) is 0 Å². The van der Waals surface area contributed by atoms with E-state index in [9.17, 15) is 14.7 Å². The van der Waals surface area contributed by atoms with Crippen LogP contribution in [0.25, 0.3) is 11.3 Å². The van der Waals surface area contributed by atoms with E-state index in [1.165, 1.54) is 0 Å². The molecule has 0 fully saturated rings. The number of rotatable bonds is 7. The number of carbonyl (C=O) groups excluding carboxylic acids is 1. The maximum Gasteiger partial charge on any atom is 0.326 e. The van der Waals surface area contributed by atoms with Crippen LogP contribution in [-0.4, -0.2) is 40.3 Å². The summed E-state index contributed by atoms with van der Waals surface area (Å²) in [7, 11) is 1.57. The van der Waals surface area contributed by atoms with E-state index in [2.05, 4.69) is 15.5 Å². The number of carboxylic acid groups (broad SMARTS) is 1. The van der Waals surface area contributed by atoms with Gasteiger partial charge in [0.1, 0.15) is 17.5 Å². The van der Waals surface area contributed by atoms with Gasteiger partial charge in [0.2, 0.25) is 0 Å². The lowest BCUT2D eigenvalue weighted by Crippen LogP contribution is -2.41. The second-order valence-corrected chi connectivity index (χ2v) is 5.89. The van der Waals surface area contributed by atoms with Crippen LogP contribution in [0.4, 0.5) is 0 Å². The number of carbonyl (C=O) groups is 2. The Bertz CT molecular complexity index is 724. The van der Waals surface area contributed by atoms with E-state index in [0.29, 0.717) is 17.9 Å². The molecule has 0 bridgehead atoms. The van der Waals surface area contributed by atoms with Crippen LogP contribution in [-0.2, 0) is 4.79 Å². The zero-order chi connectivity index (χ0) is 17.7. The number of aromatic amines is 1. The third-order valence-corrected chi connectivity index (χ3v) is 3.50. The highest BCUT2D eigenvalue weighted by Gasteiger charge is 2.22. The molecule has 1 atom stereocenters. The Labute approximate surface area is 140 Å². The molecule has 2 aromatic rings. The van der Waals surface area contributed by atoms with Crippen LogP contribution in [0.1, 0.15) is 30.8 Å². The van der Waals surface area contributed by atoms with E-state index in [1.807, 2.05) is 32.0 Å². The number of aliphatic carboxylic acids is 1. The molecule has 0 saturated carbocycles. The summed E-state index contributed by atoms with van der Waals surface area (Å²) in [6, 6.07) is 7.94. The predicted molar refractivity (Wildman–Crippen MR) is 88.9 cm³/mol. The van der Waals surface area contributed by atoms with Crippen molar-refractivity contribution in [2.24, 2.45) is 5.92 Å². The van der Waals surface area contributed by atoms with Gasteiger partial charge in [-0.2, -0.15) is 5.10 Å². The lowest BCUT2D eigenvalue weighted by atomic mass is 10.0. The molecule has 128 valence electrons. The monoisotopic (exact) mass is 331 g/mol. The molecule has 1 aromatic carbocycles. The molecule has 0 radical (unpaired) electrons. The van der Waals surface area contributed by atoms with Gasteiger partial charge in [-0.15, -0.1) is 0 Å². The number of H-pyrrole nitrogens is 1. The number of amides is 1. The summed E-state index contributed by atoms with van der Waals surface area (Å²) >= 11 is 0. The van der Waals surface area contributed by atoms with E-state index in [-0.39, 0.29) is 11.6 Å². The Kier molecular flexibility index (Phi) is 5.57. The highest BCUT2D eigenvalue weighted by atomic mass is 16.5. The van der Waals surface area contributed by atoms with Crippen LogP contribution >= 0.6 is 0 Å². The first-order chi connectivity index (χ1) is 11.4. The van der Waals surface area contributed by atoms with Gasteiger partial charge in [-0.1, -0.05) is 26.0 Å². The fourth-order valence-corrected chi connectivity index (χ4v) is 2.30. The number of hydrogen-bond acceptors (Lipinski definition) is 4. The smallest absolute Gasteiger partial charge is 0.326 e. The predicted octanol–water partition coefficient (Wildman–Crippen LogP) is 2.31. The summed E-state index contributed by atoms with van der Waals surface area (Å²) in [6.45, 7) is 3.80. The molecule has 0 aliphatic heterocycles. The number of hydrogen-bond donors (Lipinski definition) is 3. The van der Waals surface area contributed by atoms with Crippen LogP contribution in [0.3, 0.4) is 0 Å². The van der Waals surface area contributed by atoms with Crippen LogP contribution in [0.15, 0.2) is 30.3 Å². The maximum absolute atomic E-state index is 12.2. The second-order valence-electron chi connectivity index (χ2n) is 5.89. The molecule has 0 unspecified atom stereocenters. The van der Waals surface area contributed by atoms with Crippen LogP contribution < -0.4 is 10.1 Å². The third kappa shape index (κ3) is 4.34. The Morgan fingerprint density at radius 3 is 2.71 bits per heavy atom. The molecule has 3 N–H and O–H groups in total. The number of ether oxygens (including phenoxy) is 1. The van der Waals surface area contributed by atoms with Gasteiger partial charge in [-0.3, -0.25) is 9.89 Å². The molecule has 0 aliphatic carbocycles. The number of carboxylic acids is 1. The number of benzene rings is 1. The highest BCUT2D eigenvalue weighted by molar-refractivity contribution is 5.95. The average Bonchev–Trinajstić information content (AvgIpc) is 3.04. The van der Waals surface area contributed by atoms with Crippen molar-refractivity contribution in [1.82, 2.24) is 15.5 Å². The number of methoxy groups -OCH3 is 1. The molecule has 1 heterocycles. The van der Waals surface area contributed by atoms with Crippen molar-refractivity contribution in [2.45, 2.75) is 26.3 Å². The lowest BCUT2D eigenvalue weighted by molar-refractivity contribution is -0.139. The van der Waals surface area contributed by atoms with Gasteiger partial charge in [0, 0.05) is 5.56 Å². The molecule has 1 amide bonds.